The van der Waals surface area contributed by atoms with E-state index in [0.29, 0.717) is 28.0 Å². The molecule has 7 nitrogen and oxygen atoms in total. The molecule has 0 saturated heterocycles. The lowest BCUT2D eigenvalue weighted by molar-refractivity contribution is 0.648. The molecule has 0 aliphatic heterocycles. The van der Waals surface area contributed by atoms with E-state index in [1.54, 1.807) is 6.20 Å². The molecule has 4 aromatic heterocycles. The van der Waals surface area contributed by atoms with Gasteiger partial charge in [0.1, 0.15) is 6.33 Å². The van der Waals surface area contributed by atoms with Gasteiger partial charge >= 0.3 is 0 Å². The quantitative estimate of drug-likeness (QED) is 0.470. The molecule has 0 radical (unpaired) electrons. The number of furan rings is 1. The molecule has 0 aliphatic carbocycles. The van der Waals surface area contributed by atoms with Gasteiger partial charge in [-0.3, -0.25) is 4.98 Å². The third-order valence-corrected chi connectivity index (χ3v) is 3.69. The molecule has 0 spiro atoms. The fourth-order valence-electron chi connectivity index (χ4n) is 2.65. The minimum atomic E-state index is 0.400. The highest BCUT2D eigenvalue weighted by Crippen LogP contribution is 2.29. The van der Waals surface area contributed by atoms with Gasteiger partial charge in [-0.1, -0.05) is 24.3 Å². The predicted molar refractivity (Wildman–Crippen MR) is 83.4 cm³/mol. The Labute approximate surface area is 129 Å². The standard InChI is InChI=1S/C16H8N6O/c1-3-9-4-2-6-17-13(9)10(5-1)11-7-12-14(22-20-11)15-16(23-12)18-8-19-21-15/h1-8H. The Hall–Kier alpha value is -3.48. The summed E-state index contributed by atoms with van der Waals surface area (Å²) in [6.45, 7) is 0. The monoisotopic (exact) mass is 300 g/mol. The van der Waals surface area contributed by atoms with Crippen LogP contribution in [0.3, 0.4) is 0 Å². The zero-order valence-electron chi connectivity index (χ0n) is 11.7. The summed E-state index contributed by atoms with van der Waals surface area (Å²) >= 11 is 0. The van der Waals surface area contributed by atoms with E-state index in [0.717, 1.165) is 16.5 Å². The van der Waals surface area contributed by atoms with Gasteiger partial charge < -0.3 is 4.42 Å². The number of pyridine rings is 1. The predicted octanol–water partition coefficient (Wildman–Crippen LogP) is 2.78. The molecule has 23 heavy (non-hydrogen) atoms. The van der Waals surface area contributed by atoms with Crippen LogP contribution >= 0.6 is 0 Å². The van der Waals surface area contributed by atoms with Gasteiger partial charge in [0.05, 0.1) is 11.2 Å². The van der Waals surface area contributed by atoms with Crippen molar-refractivity contribution >= 4 is 33.2 Å². The summed E-state index contributed by atoms with van der Waals surface area (Å²) < 4.78 is 5.69. The highest BCUT2D eigenvalue weighted by Gasteiger charge is 2.14. The first-order chi connectivity index (χ1) is 11.4. The lowest BCUT2D eigenvalue weighted by atomic mass is 10.1. The van der Waals surface area contributed by atoms with Crippen molar-refractivity contribution in [2.24, 2.45) is 0 Å². The smallest absolute Gasteiger partial charge is 0.251 e. The van der Waals surface area contributed by atoms with Crippen LogP contribution in [0.5, 0.6) is 0 Å². The van der Waals surface area contributed by atoms with E-state index < -0.39 is 0 Å². The number of aromatic nitrogens is 6. The maximum Gasteiger partial charge on any atom is 0.251 e. The van der Waals surface area contributed by atoms with Crippen molar-refractivity contribution < 1.29 is 4.42 Å². The van der Waals surface area contributed by atoms with Gasteiger partial charge in [0.25, 0.3) is 5.71 Å². The zero-order valence-corrected chi connectivity index (χ0v) is 11.7. The lowest BCUT2D eigenvalue weighted by Crippen LogP contribution is -1.91. The first-order valence-corrected chi connectivity index (χ1v) is 6.98. The number of para-hydroxylation sites is 1. The minimum Gasteiger partial charge on any atom is -0.434 e. The molecule has 7 heteroatoms. The second-order valence-corrected chi connectivity index (χ2v) is 5.04. The average molecular weight is 300 g/mol. The summed E-state index contributed by atoms with van der Waals surface area (Å²) in [6.07, 6.45) is 3.10. The van der Waals surface area contributed by atoms with Crippen LogP contribution in [0.15, 0.2) is 53.3 Å². The summed E-state index contributed by atoms with van der Waals surface area (Å²) in [4.78, 5) is 8.50. The van der Waals surface area contributed by atoms with Crippen molar-refractivity contribution in [1.82, 2.24) is 30.4 Å². The molecular weight excluding hydrogens is 292 g/mol. The van der Waals surface area contributed by atoms with Gasteiger partial charge in [-0.15, -0.1) is 20.4 Å². The van der Waals surface area contributed by atoms with Crippen LogP contribution in [0.1, 0.15) is 0 Å². The Balaban J connectivity index is 1.81. The molecule has 108 valence electrons. The molecule has 4 heterocycles. The molecular formula is C16H8N6O. The first-order valence-electron chi connectivity index (χ1n) is 6.98. The molecule has 0 amide bonds. The van der Waals surface area contributed by atoms with E-state index >= 15 is 0 Å². The Morgan fingerprint density at radius 1 is 0.826 bits per heavy atom. The first kappa shape index (κ1) is 12.1. The maximum atomic E-state index is 5.69. The average Bonchev–Trinajstić information content (AvgIpc) is 2.99. The molecule has 5 aromatic rings. The Morgan fingerprint density at radius 3 is 2.78 bits per heavy atom. The molecule has 0 fully saturated rings. The van der Waals surface area contributed by atoms with Gasteiger partial charge in [0, 0.05) is 23.2 Å². The second kappa shape index (κ2) is 4.51. The van der Waals surface area contributed by atoms with Crippen LogP contribution in [0.4, 0.5) is 0 Å². The van der Waals surface area contributed by atoms with Gasteiger partial charge in [0.2, 0.25) is 0 Å². The molecule has 0 N–H and O–H groups in total. The van der Waals surface area contributed by atoms with Crippen LogP contribution in [-0.2, 0) is 0 Å². The molecule has 0 aliphatic rings. The Kier molecular flexibility index (Phi) is 2.37. The second-order valence-electron chi connectivity index (χ2n) is 5.04. The van der Waals surface area contributed by atoms with E-state index in [4.69, 9.17) is 4.42 Å². The SMILES string of the molecule is c1cnc2c(-c3cc4oc5ncnnc5c4nn3)cccc2c1. The van der Waals surface area contributed by atoms with Crippen molar-refractivity contribution in [3.05, 3.63) is 48.9 Å². The summed E-state index contributed by atoms with van der Waals surface area (Å²) in [5.41, 5.74) is 4.50. The van der Waals surface area contributed by atoms with Crippen molar-refractivity contribution in [3.63, 3.8) is 0 Å². The van der Waals surface area contributed by atoms with Crippen LogP contribution < -0.4 is 0 Å². The number of fused-ring (bicyclic) bond motifs is 4. The molecule has 1 aromatic carbocycles. The van der Waals surface area contributed by atoms with Gasteiger partial charge in [-0.2, -0.15) is 4.98 Å². The zero-order chi connectivity index (χ0) is 15.2. The maximum absolute atomic E-state index is 5.69. The largest absolute Gasteiger partial charge is 0.434 e. The van der Waals surface area contributed by atoms with Gasteiger partial charge in [-0.25, -0.2) is 0 Å². The van der Waals surface area contributed by atoms with Gasteiger partial charge in [-0.05, 0) is 6.07 Å². The van der Waals surface area contributed by atoms with Crippen LogP contribution in [0.25, 0.3) is 44.5 Å². The van der Waals surface area contributed by atoms with Gasteiger partial charge in [0.15, 0.2) is 16.6 Å². The summed E-state index contributed by atoms with van der Waals surface area (Å²) in [6, 6.07) is 11.7. The Bertz CT molecular complexity index is 1180. The summed E-state index contributed by atoms with van der Waals surface area (Å²) in [5, 5.41) is 17.3. The van der Waals surface area contributed by atoms with Crippen molar-refractivity contribution in [2.75, 3.05) is 0 Å². The fraction of sp³-hybridized carbons (Fsp3) is 0. The van der Waals surface area contributed by atoms with Crippen molar-refractivity contribution in [3.8, 4) is 11.3 Å². The number of rotatable bonds is 1. The van der Waals surface area contributed by atoms with E-state index in [1.165, 1.54) is 6.33 Å². The van der Waals surface area contributed by atoms with Crippen molar-refractivity contribution in [2.45, 2.75) is 0 Å². The number of benzene rings is 1. The number of hydrogen-bond donors (Lipinski definition) is 0. The third-order valence-electron chi connectivity index (χ3n) is 3.69. The van der Waals surface area contributed by atoms with Crippen LogP contribution in [0, 0.1) is 0 Å². The normalized spacial score (nSPS) is 11.5. The van der Waals surface area contributed by atoms with E-state index in [1.807, 2.05) is 36.4 Å². The summed E-state index contributed by atoms with van der Waals surface area (Å²) in [7, 11) is 0. The topological polar surface area (TPSA) is 90.5 Å². The molecule has 0 unspecified atom stereocenters. The van der Waals surface area contributed by atoms with Crippen molar-refractivity contribution in [1.29, 1.82) is 0 Å². The highest BCUT2D eigenvalue weighted by atomic mass is 16.3. The third kappa shape index (κ3) is 1.76. The molecule has 0 atom stereocenters. The molecule has 0 bridgehead atoms. The van der Waals surface area contributed by atoms with E-state index in [9.17, 15) is 0 Å². The fourth-order valence-corrected chi connectivity index (χ4v) is 2.65. The number of hydrogen-bond acceptors (Lipinski definition) is 7. The van der Waals surface area contributed by atoms with E-state index in [2.05, 4.69) is 30.4 Å². The summed E-state index contributed by atoms with van der Waals surface area (Å²) in [5.74, 6) is 0. The minimum absolute atomic E-state index is 0.400. The van der Waals surface area contributed by atoms with Crippen LogP contribution in [0.2, 0.25) is 0 Å². The van der Waals surface area contributed by atoms with Crippen LogP contribution in [-0.4, -0.2) is 30.4 Å². The van der Waals surface area contributed by atoms with E-state index in [-0.39, 0.29) is 0 Å². The lowest BCUT2D eigenvalue weighted by Gasteiger charge is -2.03. The Morgan fingerprint density at radius 2 is 1.78 bits per heavy atom. The highest BCUT2D eigenvalue weighted by molar-refractivity contribution is 5.99. The number of nitrogens with zero attached hydrogens (tertiary/aromatic N) is 6. The molecule has 0 saturated carbocycles. The molecule has 5 rings (SSSR count).